The molecule has 142 valence electrons. The van der Waals surface area contributed by atoms with Crippen molar-refractivity contribution in [3.8, 4) is 23.0 Å². The van der Waals surface area contributed by atoms with Crippen molar-refractivity contribution in [3.63, 3.8) is 0 Å². The number of hydrogen-bond acceptors (Lipinski definition) is 6. The summed E-state index contributed by atoms with van der Waals surface area (Å²) in [7, 11) is 1.61. The number of anilines is 1. The highest BCUT2D eigenvalue weighted by molar-refractivity contribution is 5.61. The van der Waals surface area contributed by atoms with Gasteiger partial charge in [0.05, 0.1) is 24.8 Å². The summed E-state index contributed by atoms with van der Waals surface area (Å²) >= 11 is 0. The third-order valence-electron chi connectivity index (χ3n) is 4.60. The highest BCUT2D eigenvalue weighted by Crippen LogP contribution is 2.26. The van der Waals surface area contributed by atoms with Crippen LogP contribution in [0.4, 0.5) is 5.82 Å². The second-order valence-corrected chi connectivity index (χ2v) is 6.57. The average Bonchev–Trinajstić information content (AvgIpc) is 3.12. The first-order valence-corrected chi connectivity index (χ1v) is 9.22. The molecule has 1 N–H and O–H groups in total. The summed E-state index contributed by atoms with van der Waals surface area (Å²) in [5.41, 5.74) is 4.25. The average molecular weight is 366 g/mol. The van der Waals surface area contributed by atoms with E-state index in [4.69, 9.17) is 4.74 Å². The smallest absolute Gasteiger partial charge is 0.238 e. The molecule has 0 bridgehead atoms. The molecule has 7 heteroatoms. The van der Waals surface area contributed by atoms with Gasteiger partial charge in [0, 0.05) is 12.2 Å². The Hall–Kier alpha value is -2.96. The van der Waals surface area contributed by atoms with Gasteiger partial charge in [0.15, 0.2) is 5.82 Å². The fourth-order valence-electron chi connectivity index (χ4n) is 2.91. The highest BCUT2D eigenvalue weighted by Gasteiger charge is 2.13. The lowest BCUT2D eigenvalue weighted by atomic mass is 10.1. The van der Waals surface area contributed by atoms with Gasteiger partial charge in [-0.2, -0.15) is 0 Å². The van der Waals surface area contributed by atoms with Crippen LogP contribution in [-0.2, 0) is 0 Å². The number of imidazole rings is 1. The number of pyridine rings is 1. The summed E-state index contributed by atoms with van der Waals surface area (Å²) in [6.07, 6.45) is 5.78. The van der Waals surface area contributed by atoms with Gasteiger partial charge < -0.3 is 14.6 Å². The molecule has 0 saturated carbocycles. The maximum absolute atomic E-state index is 5.49. The summed E-state index contributed by atoms with van der Waals surface area (Å²) < 4.78 is 7.38. The molecular weight excluding hydrogens is 340 g/mol. The van der Waals surface area contributed by atoms with Crippen molar-refractivity contribution in [2.75, 3.05) is 12.4 Å². The van der Waals surface area contributed by atoms with E-state index in [1.165, 1.54) is 0 Å². The fraction of sp³-hybridized carbons (Fsp3) is 0.400. The van der Waals surface area contributed by atoms with Crippen LogP contribution in [0.3, 0.4) is 0 Å². The Bertz CT molecular complexity index is 917. The van der Waals surface area contributed by atoms with E-state index in [0.29, 0.717) is 17.6 Å². The molecule has 3 rings (SSSR count). The summed E-state index contributed by atoms with van der Waals surface area (Å²) in [6.45, 7) is 8.30. The standard InChI is InChI=1S/C20H26N6O/c1-6-15(7-2)22-19-13(3)10-17(24-25-19)16-8-9-18(20(23-16)27-5)26-11-14(4)21-12-26/h8-12,15H,6-7H2,1-5H3,(H,22,25). The van der Waals surface area contributed by atoms with E-state index in [1.54, 1.807) is 13.4 Å². The SMILES string of the molecule is CCC(CC)Nc1nnc(-c2ccc(-n3cnc(C)c3)c(OC)n2)cc1C. The molecule has 0 aromatic carbocycles. The lowest BCUT2D eigenvalue weighted by Crippen LogP contribution is -2.19. The van der Waals surface area contributed by atoms with Crippen molar-refractivity contribution < 1.29 is 4.74 Å². The fourth-order valence-corrected chi connectivity index (χ4v) is 2.91. The maximum Gasteiger partial charge on any atom is 0.238 e. The Balaban J connectivity index is 1.91. The third-order valence-corrected chi connectivity index (χ3v) is 4.60. The second-order valence-electron chi connectivity index (χ2n) is 6.57. The van der Waals surface area contributed by atoms with Gasteiger partial charge >= 0.3 is 0 Å². The molecule has 0 radical (unpaired) electrons. The van der Waals surface area contributed by atoms with Crippen LogP contribution in [0.25, 0.3) is 17.1 Å². The van der Waals surface area contributed by atoms with Crippen molar-refractivity contribution in [2.24, 2.45) is 0 Å². The first kappa shape index (κ1) is 18.8. The number of nitrogens with zero attached hydrogens (tertiary/aromatic N) is 5. The number of ether oxygens (including phenoxy) is 1. The minimum atomic E-state index is 0.403. The van der Waals surface area contributed by atoms with E-state index in [1.807, 2.05) is 42.8 Å². The van der Waals surface area contributed by atoms with Crippen molar-refractivity contribution in [1.29, 1.82) is 0 Å². The lowest BCUT2D eigenvalue weighted by Gasteiger charge is -2.17. The van der Waals surface area contributed by atoms with Crippen molar-refractivity contribution >= 4 is 5.82 Å². The number of nitrogens with one attached hydrogen (secondary N) is 1. The van der Waals surface area contributed by atoms with E-state index in [9.17, 15) is 0 Å². The predicted molar refractivity (Wildman–Crippen MR) is 106 cm³/mol. The largest absolute Gasteiger partial charge is 0.479 e. The van der Waals surface area contributed by atoms with Crippen LogP contribution in [-0.4, -0.2) is 37.9 Å². The van der Waals surface area contributed by atoms with E-state index in [0.717, 1.165) is 41.3 Å². The van der Waals surface area contributed by atoms with E-state index in [-0.39, 0.29) is 0 Å². The quantitative estimate of drug-likeness (QED) is 0.682. The van der Waals surface area contributed by atoms with Crippen molar-refractivity contribution in [2.45, 2.75) is 46.6 Å². The summed E-state index contributed by atoms with van der Waals surface area (Å²) in [6, 6.07) is 6.28. The number of methoxy groups -OCH3 is 1. The number of rotatable bonds is 7. The molecule has 7 nitrogen and oxygen atoms in total. The van der Waals surface area contributed by atoms with Gasteiger partial charge in [-0.3, -0.25) is 0 Å². The molecule has 0 aliphatic carbocycles. The van der Waals surface area contributed by atoms with Gasteiger partial charge in [-0.15, -0.1) is 10.2 Å². The van der Waals surface area contributed by atoms with Crippen LogP contribution in [0.15, 0.2) is 30.7 Å². The molecule has 0 atom stereocenters. The summed E-state index contributed by atoms with van der Waals surface area (Å²) in [5.74, 6) is 1.34. The molecule has 0 aliphatic heterocycles. The van der Waals surface area contributed by atoms with Gasteiger partial charge in [0.1, 0.15) is 11.4 Å². The first-order chi connectivity index (χ1) is 13.0. The normalized spacial score (nSPS) is 11.0. The van der Waals surface area contributed by atoms with Crippen molar-refractivity contribution in [3.05, 3.63) is 42.0 Å². The first-order valence-electron chi connectivity index (χ1n) is 9.22. The van der Waals surface area contributed by atoms with Crippen LogP contribution in [0.1, 0.15) is 37.9 Å². The molecule has 0 spiro atoms. The molecule has 0 aliphatic rings. The van der Waals surface area contributed by atoms with E-state index >= 15 is 0 Å². The van der Waals surface area contributed by atoms with Crippen LogP contribution in [0, 0.1) is 13.8 Å². The van der Waals surface area contributed by atoms with Gasteiger partial charge in [-0.1, -0.05) is 13.8 Å². The number of aromatic nitrogens is 5. The topological polar surface area (TPSA) is 77.8 Å². The van der Waals surface area contributed by atoms with Gasteiger partial charge in [-0.05, 0) is 50.5 Å². The zero-order valence-corrected chi connectivity index (χ0v) is 16.5. The molecule has 3 aromatic heterocycles. The number of hydrogen-bond donors (Lipinski definition) is 1. The van der Waals surface area contributed by atoms with Crippen LogP contribution < -0.4 is 10.1 Å². The minimum absolute atomic E-state index is 0.403. The minimum Gasteiger partial charge on any atom is -0.479 e. The molecule has 0 unspecified atom stereocenters. The van der Waals surface area contributed by atoms with Crippen LogP contribution in [0.2, 0.25) is 0 Å². The predicted octanol–water partition coefficient (Wildman–Crippen LogP) is 3.95. The Morgan fingerprint density at radius 1 is 1.11 bits per heavy atom. The highest BCUT2D eigenvalue weighted by atomic mass is 16.5. The molecule has 0 amide bonds. The summed E-state index contributed by atoms with van der Waals surface area (Å²) in [5, 5.41) is 12.2. The molecule has 0 saturated heterocycles. The van der Waals surface area contributed by atoms with Crippen molar-refractivity contribution in [1.82, 2.24) is 24.7 Å². The molecule has 3 heterocycles. The maximum atomic E-state index is 5.49. The zero-order chi connectivity index (χ0) is 19.4. The monoisotopic (exact) mass is 366 g/mol. The van der Waals surface area contributed by atoms with Gasteiger partial charge in [0.25, 0.3) is 0 Å². The summed E-state index contributed by atoms with van der Waals surface area (Å²) in [4.78, 5) is 8.88. The molecule has 27 heavy (non-hydrogen) atoms. The molecule has 3 aromatic rings. The Morgan fingerprint density at radius 3 is 2.48 bits per heavy atom. The van der Waals surface area contributed by atoms with Gasteiger partial charge in [0.2, 0.25) is 5.88 Å². The third kappa shape index (κ3) is 4.07. The van der Waals surface area contributed by atoms with Gasteiger partial charge in [-0.25, -0.2) is 9.97 Å². The Labute approximate surface area is 159 Å². The lowest BCUT2D eigenvalue weighted by molar-refractivity contribution is 0.396. The Morgan fingerprint density at radius 2 is 1.89 bits per heavy atom. The van der Waals surface area contributed by atoms with E-state index < -0.39 is 0 Å². The molecule has 0 fully saturated rings. The Kier molecular flexibility index (Phi) is 5.69. The molecular formula is C20H26N6O. The number of aryl methyl sites for hydroxylation is 2. The van der Waals surface area contributed by atoms with E-state index in [2.05, 4.69) is 39.3 Å². The second kappa shape index (κ2) is 8.16. The zero-order valence-electron chi connectivity index (χ0n) is 16.5. The van der Waals surface area contributed by atoms with Crippen LogP contribution >= 0.6 is 0 Å². The van der Waals surface area contributed by atoms with Crippen LogP contribution in [0.5, 0.6) is 5.88 Å².